The van der Waals surface area contributed by atoms with E-state index in [1.54, 1.807) is 0 Å². The van der Waals surface area contributed by atoms with E-state index in [2.05, 4.69) is 27.7 Å². The Morgan fingerprint density at radius 3 is 2.16 bits per heavy atom. The number of hydroxylamine groups is 2. The SMILES string of the molecule is CN(O)C(=O)[C@@]1(C)CC[C@]2(C)CC[C@]3(C)C(=CC(=O)[C@@H]4[C@@]5(C)CC[C@H](NS(=O)(=O)C(F)(F)F)C(C)(C)[C@@H]5CC[C@]43C)[C@@H]2C1. The van der Waals surface area contributed by atoms with Crippen molar-refractivity contribution < 1.29 is 36.4 Å². The van der Waals surface area contributed by atoms with E-state index in [4.69, 9.17) is 0 Å². The van der Waals surface area contributed by atoms with Gasteiger partial charge in [0, 0.05) is 24.4 Å². The van der Waals surface area contributed by atoms with Gasteiger partial charge in [-0.15, -0.1) is 0 Å². The molecule has 11 heteroatoms. The van der Waals surface area contributed by atoms with Crippen LogP contribution in [0.5, 0.6) is 0 Å². The molecule has 0 unspecified atom stereocenters. The number of carbonyl (C=O) groups is 2. The van der Waals surface area contributed by atoms with Gasteiger partial charge in [-0.1, -0.05) is 54.0 Å². The molecule has 4 saturated carbocycles. The number of amides is 1. The Morgan fingerprint density at radius 1 is 0.977 bits per heavy atom. The molecule has 5 aliphatic rings. The minimum absolute atomic E-state index is 0.0186. The molecular weight excluding hydrogens is 581 g/mol. The molecule has 0 saturated heterocycles. The zero-order chi connectivity index (χ0) is 32.4. The molecule has 4 fully saturated rings. The molecule has 0 heterocycles. The first-order valence-corrected chi connectivity index (χ1v) is 17.2. The Morgan fingerprint density at radius 2 is 1.58 bits per heavy atom. The molecular formula is C32H49F3N2O5S. The van der Waals surface area contributed by atoms with Gasteiger partial charge < -0.3 is 0 Å². The van der Waals surface area contributed by atoms with Gasteiger partial charge in [0.2, 0.25) is 0 Å². The number of hydrogen-bond acceptors (Lipinski definition) is 5. The van der Waals surface area contributed by atoms with E-state index in [1.807, 2.05) is 31.6 Å². The van der Waals surface area contributed by atoms with Crippen molar-refractivity contribution in [3.63, 3.8) is 0 Å². The summed E-state index contributed by atoms with van der Waals surface area (Å²) in [7, 11) is -4.14. The van der Waals surface area contributed by atoms with E-state index < -0.39 is 43.2 Å². The van der Waals surface area contributed by atoms with E-state index >= 15 is 0 Å². The summed E-state index contributed by atoms with van der Waals surface area (Å²) >= 11 is 0. The monoisotopic (exact) mass is 630 g/mol. The molecule has 0 bridgehead atoms. The molecule has 2 N–H and O–H groups in total. The Kier molecular flexibility index (Phi) is 7.30. The van der Waals surface area contributed by atoms with Crippen molar-refractivity contribution in [1.82, 2.24) is 9.79 Å². The van der Waals surface area contributed by atoms with Crippen LogP contribution >= 0.6 is 0 Å². The minimum atomic E-state index is -5.51. The van der Waals surface area contributed by atoms with Gasteiger partial charge in [0.1, 0.15) is 0 Å². The lowest BCUT2D eigenvalue weighted by Crippen LogP contribution is -2.68. The van der Waals surface area contributed by atoms with Crippen molar-refractivity contribution in [2.75, 3.05) is 7.05 Å². The topological polar surface area (TPSA) is 104 Å². The Labute approximate surface area is 254 Å². The molecule has 1 amide bonds. The highest BCUT2D eigenvalue weighted by Crippen LogP contribution is 2.75. The second-order valence-electron chi connectivity index (χ2n) is 16.6. The largest absolute Gasteiger partial charge is 0.511 e. The first-order valence-electron chi connectivity index (χ1n) is 15.7. The van der Waals surface area contributed by atoms with Crippen LogP contribution < -0.4 is 4.72 Å². The smallest absolute Gasteiger partial charge is 0.295 e. The minimum Gasteiger partial charge on any atom is -0.295 e. The van der Waals surface area contributed by atoms with Crippen LogP contribution in [0.4, 0.5) is 13.2 Å². The van der Waals surface area contributed by atoms with E-state index in [0.717, 1.165) is 24.8 Å². The van der Waals surface area contributed by atoms with Crippen LogP contribution in [0.15, 0.2) is 11.6 Å². The number of hydrogen-bond donors (Lipinski definition) is 2. The van der Waals surface area contributed by atoms with Crippen molar-refractivity contribution in [3.05, 3.63) is 11.6 Å². The van der Waals surface area contributed by atoms with Gasteiger partial charge in [0.05, 0.1) is 0 Å². The van der Waals surface area contributed by atoms with Crippen molar-refractivity contribution in [2.45, 2.75) is 118 Å². The van der Waals surface area contributed by atoms with E-state index in [-0.39, 0.29) is 46.7 Å². The van der Waals surface area contributed by atoms with Crippen molar-refractivity contribution in [1.29, 1.82) is 0 Å². The Bertz CT molecular complexity index is 1360. The predicted molar refractivity (Wildman–Crippen MR) is 156 cm³/mol. The van der Waals surface area contributed by atoms with Crippen LogP contribution in [-0.2, 0) is 19.6 Å². The van der Waals surface area contributed by atoms with E-state index in [9.17, 15) is 36.4 Å². The maximum atomic E-state index is 14.5. The summed E-state index contributed by atoms with van der Waals surface area (Å²) in [6, 6.07) is -0.889. The van der Waals surface area contributed by atoms with Crippen LogP contribution in [0.2, 0.25) is 0 Å². The number of alkyl halides is 3. The summed E-state index contributed by atoms with van der Waals surface area (Å²) in [5, 5.41) is 10.7. The number of ketones is 1. The van der Waals surface area contributed by atoms with Gasteiger partial charge in [0.15, 0.2) is 5.78 Å². The van der Waals surface area contributed by atoms with E-state index in [1.165, 1.54) is 7.05 Å². The zero-order valence-corrected chi connectivity index (χ0v) is 27.6. The lowest BCUT2D eigenvalue weighted by Gasteiger charge is -2.70. The number of carbonyl (C=O) groups excluding carboxylic acids is 2. The maximum Gasteiger partial charge on any atom is 0.511 e. The van der Waals surface area contributed by atoms with Crippen molar-refractivity contribution in [3.8, 4) is 0 Å². The second kappa shape index (κ2) is 9.53. The normalized spacial score (nSPS) is 46.0. The average Bonchev–Trinajstić information content (AvgIpc) is 2.86. The third-order valence-electron chi connectivity index (χ3n) is 14.0. The first kappa shape index (κ1) is 32.9. The van der Waals surface area contributed by atoms with Gasteiger partial charge in [-0.25, -0.2) is 18.2 Å². The summed E-state index contributed by atoms with van der Waals surface area (Å²) in [6.45, 7) is 14.5. The molecule has 43 heavy (non-hydrogen) atoms. The fourth-order valence-electron chi connectivity index (χ4n) is 11.2. The molecule has 9 atom stereocenters. The van der Waals surface area contributed by atoms with Crippen LogP contribution in [-0.4, -0.2) is 49.0 Å². The highest BCUT2D eigenvalue weighted by atomic mass is 32.2. The molecule has 244 valence electrons. The van der Waals surface area contributed by atoms with Crippen molar-refractivity contribution >= 4 is 21.7 Å². The third-order valence-corrected chi connectivity index (χ3v) is 15.2. The standard InChI is InChI=1S/C32H49F3N2O5S/c1-26(2)22-9-12-31(7)24(29(22,5)11-10-23(26)36-43(41,42)32(33,34)35)21(38)17-19-20-18-28(4,25(39)37(8)40)14-13-27(20,3)15-16-30(19,31)6/h17,20,22-24,36,40H,9-16,18H2,1-8H3/t20-,22-,23-,24+,27+,28-,29-,30+,31+/m0/s1. The third kappa shape index (κ3) is 4.43. The molecule has 0 aromatic carbocycles. The predicted octanol–water partition coefficient (Wildman–Crippen LogP) is 6.62. The fraction of sp³-hybridized carbons (Fsp3) is 0.875. The molecule has 5 aliphatic carbocycles. The van der Waals surface area contributed by atoms with Gasteiger partial charge in [0.25, 0.3) is 5.91 Å². The summed E-state index contributed by atoms with van der Waals surface area (Å²) in [5.41, 5.74) is -7.08. The number of nitrogens with zero attached hydrogens (tertiary/aromatic N) is 1. The number of sulfonamides is 1. The summed E-state index contributed by atoms with van der Waals surface area (Å²) in [5.74, 6) is -0.738. The summed E-state index contributed by atoms with van der Waals surface area (Å²) in [6.07, 6.45) is 7.88. The zero-order valence-electron chi connectivity index (χ0n) is 26.8. The molecule has 0 aromatic heterocycles. The lowest BCUT2D eigenvalue weighted by molar-refractivity contribution is -0.190. The maximum absolute atomic E-state index is 14.5. The quantitative estimate of drug-likeness (QED) is 0.269. The Balaban J connectivity index is 1.53. The molecule has 0 aromatic rings. The van der Waals surface area contributed by atoms with Gasteiger partial charge in [-0.05, 0) is 103 Å². The highest BCUT2D eigenvalue weighted by Gasteiger charge is 2.70. The van der Waals surface area contributed by atoms with Crippen LogP contribution in [0.25, 0.3) is 0 Å². The number of allylic oxidation sites excluding steroid dienone is 2. The number of nitrogens with one attached hydrogen (secondary N) is 1. The first-order chi connectivity index (χ1) is 19.4. The van der Waals surface area contributed by atoms with Crippen LogP contribution in [0.3, 0.4) is 0 Å². The number of halogens is 3. The second-order valence-corrected chi connectivity index (χ2v) is 18.3. The summed E-state index contributed by atoms with van der Waals surface area (Å²) < 4.78 is 66.1. The van der Waals surface area contributed by atoms with Gasteiger partial charge in [-0.3, -0.25) is 14.8 Å². The molecule has 0 aliphatic heterocycles. The molecule has 0 spiro atoms. The highest BCUT2D eigenvalue weighted by molar-refractivity contribution is 7.90. The number of rotatable bonds is 3. The van der Waals surface area contributed by atoms with Crippen molar-refractivity contribution in [2.24, 2.45) is 50.2 Å². The number of fused-ring (bicyclic) bond motifs is 7. The van der Waals surface area contributed by atoms with E-state index in [0.29, 0.717) is 37.2 Å². The molecule has 7 nitrogen and oxygen atoms in total. The van der Waals surface area contributed by atoms with Crippen LogP contribution in [0, 0.1) is 50.2 Å². The summed E-state index contributed by atoms with van der Waals surface area (Å²) in [4.78, 5) is 27.6. The lowest BCUT2D eigenvalue weighted by atomic mass is 9.33. The fourth-order valence-corrected chi connectivity index (χ4v) is 12.2. The van der Waals surface area contributed by atoms with Gasteiger partial charge in [-0.2, -0.15) is 13.2 Å². The van der Waals surface area contributed by atoms with Gasteiger partial charge >= 0.3 is 15.5 Å². The molecule has 5 rings (SSSR count). The van der Waals surface area contributed by atoms with Crippen LogP contribution in [0.1, 0.15) is 106 Å². The Hall–Kier alpha value is -1.46. The molecule has 0 radical (unpaired) electrons. The average molecular weight is 631 g/mol.